The number of imidazole rings is 1. The highest BCUT2D eigenvalue weighted by molar-refractivity contribution is 5.84. The summed E-state index contributed by atoms with van der Waals surface area (Å²) >= 11 is 0. The predicted molar refractivity (Wildman–Crippen MR) is 120 cm³/mol. The third-order valence-corrected chi connectivity index (χ3v) is 5.60. The van der Waals surface area contributed by atoms with Crippen LogP contribution in [0.15, 0.2) is 24.5 Å². The summed E-state index contributed by atoms with van der Waals surface area (Å²) in [6, 6.07) is 2.94. The highest BCUT2D eigenvalue weighted by atomic mass is 19.3. The molecule has 0 spiro atoms. The summed E-state index contributed by atoms with van der Waals surface area (Å²) in [7, 11) is 0. The monoisotopic (exact) mass is 465 g/mol. The lowest BCUT2D eigenvalue weighted by molar-refractivity contribution is -0.131. The van der Waals surface area contributed by atoms with Crippen LogP contribution in [0, 0.1) is 6.92 Å². The summed E-state index contributed by atoms with van der Waals surface area (Å²) in [6.07, 6.45) is 0.450. The lowest BCUT2D eigenvalue weighted by Crippen LogP contribution is -2.62. The smallest absolute Gasteiger partial charge is 0.410 e. The molecule has 33 heavy (non-hydrogen) atoms. The Morgan fingerprint density at radius 2 is 1.94 bits per heavy atom. The van der Waals surface area contributed by atoms with E-state index in [0.717, 1.165) is 11.1 Å². The van der Waals surface area contributed by atoms with E-state index in [-0.39, 0.29) is 19.6 Å². The Hall–Kier alpha value is -2.75. The molecule has 0 aromatic carbocycles. The fourth-order valence-electron chi connectivity index (χ4n) is 4.03. The van der Waals surface area contributed by atoms with E-state index in [9.17, 15) is 18.4 Å². The van der Waals surface area contributed by atoms with Crippen LogP contribution < -0.4 is 5.32 Å². The summed E-state index contributed by atoms with van der Waals surface area (Å²) in [5, 5.41) is 2.96. The standard InChI is InChI=1S/C23H33F2N5O3/c1-15-8-7-9-30-16(15)12-26-20(30)23(5,6)27-19(31)17-13-29(21(32)33-22(2,3)4)11-10-28(17)14-18(24)25/h7-9,12,17-18H,10-11,13-14H2,1-6H3,(H,27,31)/t17-/m0/s1. The molecule has 0 bridgehead atoms. The zero-order valence-corrected chi connectivity index (χ0v) is 20.1. The minimum absolute atomic E-state index is 0.0367. The first-order valence-corrected chi connectivity index (χ1v) is 11.0. The van der Waals surface area contributed by atoms with Crippen molar-refractivity contribution in [2.24, 2.45) is 0 Å². The summed E-state index contributed by atoms with van der Waals surface area (Å²) in [4.78, 5) is 33.2. The van der Waals surface area contributed by atoms with Gasteiger partial charge in [-0.05, 0) is 53.2 Å². The zero-order valence-electron chi connectivity index (χ0n) is 20.1. The molecule has 10 heteroatoms. The van der Waals surface area contributed by atoms with E-state index in [2.05, 4.69) is 10.3 Å². The van der Waals surface area contributed by atoms with Crippen molar-refractivity contribution in [1.82, 2.24) is 24.5 Å². The molecule has 1 atom stereocenters. The van der Waals surface area contributed by atoms with Crippen LogP contribution in [0.5, 0.6) is 0 Å². The molecule has 0 unspecified atom stereocenters. The number of ether oxygens (including phenoxy) is 1. The fourth-order valence-corrected chi connectivity index (χ4v) is 4.03. The van der Waals surface area contributed by atoms with Gasteiger partial charge in [0.25, 0.3) is 6.43 Å². The number of rotatable bonds is 5. The SMILES string of the molecule is Cc1cccn2c(C(C)(C)NC(=O)[C@@H]3CN(C(=O)OC(C)(C)C)CCN3CC(F)F)ncc12. The quantitative estimate of drug-likeness (QED) is 0.734. The van der Waals surface area contributed by atoms with Crippen molar-refractivity contribution in [3.8, 4) is 0 Å². The van der Waals surface area contributed by atoms with Crippen molar-refractivity contribution in [3.05, 3.63) is 35.9 Å². The van der Waals surface area contributed by atoms with Gasteiger partial charge in [-0.15, -0.1) is 0 Å². The van der Waals surface area contributed by atoms with Crippen LogP contribution in [0.2, 0.25) is 0 Å². The largest absolute Gasteiger partial charge is 0.444 e. The lowest BCUT2D eigenvalue weighted by atomic mass is 10.0. The van der Waals surface area contributed by atoms with Crippen molar-refractivity contribution in [1.29, 1.82) is 0 Å². The summed E-state index contributed by atoms with van der Waals surface area (Å²) in [6.45, 7) is 10.6. The molecule has 0 saturated carbocycles. The minimum atomic E-state index is -2.60. The first-order valence-electron chi connectivity index (χ1n) is 11.0. The van der Waals surface area contributed by atoms with E-state index in [1.165, 1.54) is 9.80 Å². The number of alkyl halides is 2. The van der Waals surface area contributed by atoms with Crippen LogP contribution in [-0.2, 0) is 15.1 Å². The molecule has 3 heterocycles. The molecule has 2 aromatic heterocycles. The van der Waals surface area contributed by atoms with Gasteiger partial charge < -0.3 is 19.4 Å². The molecule has 2 aromatic rings. The van der Waals surface area contributed by atoms with Crippen molar-refractivity contribution in [3.63, 3.8) is 0 Å². The van der Waals surface area contributed by atoms with Gasteiger partial charge in [-0.3, -0.25) is 9.69 Å². The van der Waals surface area contributed by atoms with E-state index < -0.39 is 42.2 Å². The van der Waals surface area contributed by atoms with Crippen LogP contribution in [0.1, 0.15) is 46.0 Å². The Morgan fingerprint density at radius 1 is 1.24 bits per heavy atom. The summed E-state index contributed by atoms with van der Waals surface area (Å²) < 4.78 is 33.8. The molecule has 0 radical (unpaired) electrons. The Balaban J connectivity index is 1.82. The number of aromatic nitrogens is 2. The number of hydrogen-bond acceptors (Lipinski definition) is 5. The van der Waals surface area contributed by atoms with E-state index in [1.807, 2.05) is 43.5 Å². The normalized spacial score (nSPS) is 18.1. The molecular weight excluding hydrogens is 432 g/mol. The van der Waals surface area contributed by atoms with Crippen molar-refractivity contribution in [2.75, 3.05) is 26.2 Å². The molecule has 1 aliphatic rings. The number of fused-ring (bicyclic) bond motifs is 1. The van der Waals surface area contributed by atoms with E-state index >= 15 is 0 Å². The molecule has 1 fully saturated rings. The van der Waals surface area contributed by atoms with Gasteiger partial charge in [0.05, 0.1) is 23.8 Å². The van der Waals surface area contributed by atoms with E-state index in [1.54, 1.807) is 27.0 Å². The average Bonchev–Trinajstić information content (AvgIpc) is 3.12. The second-order valence-corrected chi connectivity index (χ2v) is 9.97. The van der Waals surface area contributed by atoms with E-state index in [0.29, 0.717) is 5.82 Å². The lowest BCUT2D eigenvalue weighted by Gasteiger charge is -2.41. The van der Waals surface area contributed by atoms with Crippen LogP contribution in [0.25, 0.3) is 5.52 Å². The van der Waals surface area contributed by atoms with Gasteiger partial charge in [0.1, 0.15) is 17.5 Å². The van der Waals surface area contributed by atoms with Crippen LogP contribution in [-0.4, -0.2) is 75.4 Å². The summed E-state index contributed by atoms with van der Waals surface area (Å²) in [5.74, 6) is 0.174. The Labute approximate surface area is 192 Å². The number of piperazine rings is 1. The second kappa shape index (κ2) is 9.24. The number of halogens is 2. The topological polar surface area (TPSA) is 79.2 Å². The first kappa shape index (κ1) is 24.9. The van der Waals surface area contributed by atoms with Crippen molar-refractivity contribution >= 4 is 17.5 Å². The van der Waals surface area contributed by atoms with Gasteiger partial charge in [-0.25, -0.2) is 18.6 Å². The number of nitrogens with one attached hydrogen (secondary N) is 1. The highest BCUT2D eigenvalue weighted by Crippen LogP contribution is 2.23. The zero-order chi connectivity index (χ0) is 24.6. The molecule has 0 aliphatic carbocycles. The van der Waals surface area contributed by atoms with Gasteiger partial charge in [-0.2, -0.15) is 0 Å². The third kappa shape index (κ3) is 5.79. The number of aryl methyl sites for hydroxylation is 1. The minimum Gasteiger partial charge on any atom is -0.444 e. The number of nitrogens with zero attached hydrogens (tertiary/aromatic N) is 4. The average molecular weight is 466 g/mol. The molecule has 182 valence electrons. The Kier molecular flexibility index (Phi) is 6.97. The number of carbonyl (C=O) groups is 2. The Morgan fingerprint density at radius 3 is 2.58 bits per heavy atom. The third-order valence-electron chi connectivity index (χ3n) is 5.60. The number of hydrogen-bond donors (Lipinski definition) is 1. The fraction of sp³-hybridized carbons (Fsp3) is 0.609. The molecule has 2 amide bonds. The van der Waals surface area contributed by atoms with Gasteiger partial charge in [0.15, 0.2) is 0 Å². The van der Waals surface area contributed by atoms with E-state index in [4.69, 9.17) is 4.74 Å². The molecule has 3 rings (SSSR count). The van der Waals surface area contributed by atoms with Gasteiger partial charge in [0, 0.05) is 25.8 Å². The van der Waals surface area contributed by atoms with Gasteiger partial charge in [0.2, 0.25) is 5.91 Å². The molecule has 1 aliphatic heterocycles. The van der Waals surface area contributed by atoms with Crippen LogP contribution in [0.4, 0.5) is 13.6 Å². The molecule has 8 nitrogen and oxygen atoms in total. The predicted octanol–water partition coefficient (Wildman–Crippen LogP) is 3.18. The van der Waals surface area contributed by atoms with Crippen molar-refractivity contribution < 1.29 is 23.1 Å². The maximum Gasteiger partial charge on any atom is 0.410 e. The first-order chi connectivity index (χ1) is 15.3. The molecule has 1 N–H and O–H groups in total. The van der Waals surface area contributed by atoms with Gasteiger partial charge >= 0.3 is 6.09 Å². The maximum absolute atomic E-state index is 13.3. The van der Waals surface area contributed by atoms with Crippen LogP contribution in [0.3, 0.4) is 0 Å². The summed E-state index contributed by atoms with van der Waals surface area (Å²) in [5.41, 5.74) is 0.378. The number of amides is 2. The highest BCUT2D eigenvalue weighted by Gasteiger charge is 2.39. The second-order valence-electron chi connectivity index (χ2n) is 9.97. The number of pyridine rings is 1. The molecule has 1 saturated heterocycles. The number of carbonyl (C=O) groups excluding carboxylic acids is 2. The molecular formula is C23H33F2N5O3. The Bertz CT molecular complexity index is 1020. The maximum atomic E-state index is 13.3. The van der Waals surface area contributed by atoms with Gasteiger partial charge in [-0.1, -0.05) is 6.07 Å². The van der Waals surface area contributed by atoms with Crippen LogP contribution >= 0.6 is 0 Å². The van der Waals surface area contributed by atoms with Crippen molar-refractivity contribution in [2.45, 2.75) is 65.1 Å².